The molecule has 2 N–H and O–H groups in total. The summed E-state index contributed by atoms with van der Waals surface area (Å²) in [5.74, 6) is 0.688. The molecule has 0 spiro atoms. The van der Waals surface area contributed by atoms with Gasteiger partial charge < -0.3 is 39.7 Å². The minimum Gasteiger partial charge on any atom is -0.469 e. The molecular weight excluding hydrogens is 608 g/mol. The number of morpholine rings is 1. The number of hydrogen-bond acceptors (Lipinski definition) is 9. The number of nitrogens with one attached hydrogen (secondary N) is 2. The molecule has 3 aromatic rings. The standard InChI is InChI=1S/C36H46N8O4/c1-6-42-22-36(3,4)48-32-30(33(42)45)31(39-34(40-32)44-20-27-12-13-28(21-44)47-27)24-7-14-29(23(2)19-24)38-35(46)37-25-8-10-26(11-9-25)43-17-15-41(5)16-18-43/h7-11,14,19,27-28H,6,12-13,15-18,20-22H2,1-5H3,(H2,37,38,46). The third-order valence-corrected chi connectivity index (χ3v) is 9.76. The quantitative estimate of drug-likeness (QED) is 0.385. The highest BCUT2D eigenvalue weighted by Gasteiger charge is 2.39. The number of likely N-dealkylation sites (N-methyl/N-ethyl adjacent to an activating group) is 2. The zero-order valence-corrected chi connectivity index (χ0v) is 28.6. The second-order valence-corrected chi connectivity index (χ2v) is 14.0. The summed E-state index contributed by atoms with van der Waals surface area (Å²) in [5, 5.41) is 5.94. The summed E-state index contributed by atoms with van der Waals surface area (Å²) >= 11 is 0. The fourth-order valence-electron chi connectivity index (χ4n) is 7.12. The fraction of sp³-hybridized carbons (Fsp3) is 0.500. The number of hydrogen-bond donors (Lipinski definition) is 2. The van der Waals surface area contributed by atoms with Crippen molar-refractivity contribution in [3.05, 3.63) is 53.6 Å². The topological polar surface area (TPSA) is 115 Å². The molecule has 12 heteroatoms. The lowest BCUT2D eigenvalue weighted by atomic mass is 10.0. The summed E-state index contributed by atoms with van der Waals surface area (Å²) in [5.41, 5.74) is 4.37. The number of piperazine rings is 1. The number of anilines is 4. The number of carbonyl (C=O) groups excluding carboxylic acids is 2. The smallest absolute Gasteiger partial charge is 0.323 e. The first-order chi connectivity index (χ1) is 23.0. The first kappa shape index (κ1) is 32.1. The van der Waals surface area contributed by atoms with Gasteiger partial charge >= 0.3 is 6.03 Å². The molecular formula is C36H46N8O4. The van der Waals surface area contributed by atoms with Crippen molar-refractivity contribution in [3.8, 4) is 17.1 Å². The van der Waals surface area contributed by atoms with Gasteiger partial charge in [0.15, 0.2) is 0 Å². The maximum Gasteiger partial charge on any atom is 0.323 e. The summed E-state index contributed by atoms with van der Waals surface area (Å²) in [6.07, 6.45) is 2.35. The third kappa shape index (κ3) is 6.64. The van der Waals surface area contributed by atoms with Crippen LogP contribution < -0.4 is 25.2 Å². The van der Waals surface area contributed by atoms with E-state index in [1.165, 1.54) is 0 Å². The van der Waals surface area contributed by atoms with Crippen LogP contribution in [0, 0.1) is 6.92 Å². The Morgan fingerprint density at radius 2 is 1.67 bits per heavy atom. The van der Waals surface area contributed by atoms with Crippen molar-refractivity contribution in [1.82, 2.24) is 19.8 Å². The Kier molecular flexibility index (Phi) is 8.63. The van der Waals surface area contributed by atoms with Gasteiger partial charge in [-0.2, -0.15) is 4.98 Å². The molecule has 0 radical (unpaired) electrons. The number of aryl methyl sites for hydroxylation is 1. The maximum absolute atomic E-state index is 14.0. The van der Waals surface area contributed by atoms with Crippen LogP contribution in [0.4, 0.5) is 27.8 Å². The zero-order chi connectivity index (χ0) is 33.6. The van der Waals surface area contributed by atoms with Crippen molar-refractivity contribution in [1.29, 1.82) is 0 Å². The van der Waals surface area contributed by atoms with Crippen molar-refractivity contribution >= 4 is 34.9 Å². The van der Waals surface area contributed by atoms with Crippen molar-refractivity contribution in [2.45, 2.75) is 58.3 Å². The lowest BCUT2D eigenvalue weighted by molar-refractivity contribution is 0.0297. The van der Waals surface area contributed by atoms with Crippen LogP contribution in [0.15, 0.2) is 42.5 Å². The number of benzene rings is 2. The molecule has 0 aliphatic carbocycles. The Bertz CT molecular complexity index is 1680. The summed E-state index contributed by atoms with van der Waals surface area (Å²) in [4.78, 5) is 45.6. The number of carbonyl (C=O) groups is 2. The van der Waals surface area contributed by atoms with Gasteiger partial charge in [0.2, 0.25) is 11.8 Å². The van der Waals surface area contributed by atoms with Gasteiger partial charge in [-0.25, -0.2) is 9.78 Å². The van der Waals surface area contributed by atoms with E-state index in [2.05, 4.69) is 32.4 Å². The molecule has 4 aliphatic heterocycles. The van der Waals surface area contributed by atoms with E-state index < -0.39 is 5.60 Å². The van der Waals surface area contributed by atoms with Crippen LogP contribution in [-0.2, 0) is 4.74 Å². The van der Waals surface area contributed by atoms with Crippen molar-refractivity contribution in [2.75, 3.05) is 79.8 Å². The van der Waals surface area contributed by atoms with Gasteiger partial charge in [0.05, 0.1) is 24.4 Å². The minimum absolute atomic E-state index is 0.151. The number of urea groups is 1. The summed E-state index contributed by atoms with van der Waals surface area (Å²) in [6.45, 7) is 14.3. The largest absolute Gasteiger partial charge is 0.469 e. The van der Waals surface area contributed by atoms with Gasteiger partial charge in [0.25, 0.3) is 5.91 Å². The summed E-state index contributed by atoms with van der Waals surface area (Å²) in [6, 6.07) is 13.3. The van der Waals surface area contributed by atoms with E-state index in [1.807, 2.05) is 70.2 Å². The predicted molar refractivity (Wildman–Crippen MR) is 187 cm³/mol. The van der Waals surface area contributed by atoms with Crippen LogP contribution in [0.5, 0.6) is 5.88 Å². The minimum atomic E-state index is -0.633. The number of rotatable bonds is 6. The van der Waals surface area contributed by atoms with Crippen LogP contribution in [0.25, 0.3) is 11.3 Å². The zero-order valence-electron chi connectivity index (χ0n) is 28.6. The molecule has 2 atom stereocenters. The molecule has 3 amide bonds. The molecule has 2 unspecified atom stereocenters. The molecule has 3 fully saturated rings. The molecule has 3 saturated heterocycles. The van der Waals surface area contributed by atoms with Gasteiger partial charge in [0.1, 0.15) is 11.2 Å². The molecule has 254 valence electrons. The van der Waals surface area contributed by atoms with E-state index in [9.17, 15) is 9.59 Å². The fourth-order valence-corrected chi connectivity index (χ4v) is 7.12. The Morgan fingerprint density at radius 3 is 2.33 bits per heavy atom. The van der Waals surface area contributed by atoms with Gasteiger partial charge in [-0.1, -0.05) is 6.07 Å². The summed E-state index contributed by atoms with van der Waals surface area (Å²) < 4.78 is 12.6. The number of fused-ring (bicyclic) bond motifs is 3. The lowest BCUT2D eigenvalue weighted by Gasteiger charge is -2.34. The monoisotopic (exact) mass is 654 g/mol. The van der Waals surface area contributed by atoms with Crippen LogP contribution in [0.1, 0.15) is 49.5 Å². The number of aromatic nitrogens is 2. The average Bonchev–Trinajstić information content (AvgIpc) is 3.36. The van der Waals surface area contributed by atoms with Gasteiger partial charge in [0, 0.05) is 68.4 Å². The van der Waals surface area contributed by atoms with E-state index in [-0.39, 0.29) is 24.1 Å². The van der Waals surface area contributed by atoms with E-state index in [4.69, 9.17) is 19.4 Å². The lowest BCUT2D eigenvalue weighted by Crippen LogP contribution is -2.44. The Balaban J connectivity index is 1.14. The van der Waals surface area contributed by atoms with Crippen molar-refractivity contribution < 1.29 is 19.1 Å². The molecule has 12 nitrogen and oxygen atoms in total. The molecule has 7 rings (SSSR count). The number of ether oxygens (including phenoxy) is 2. The van der Waals surface area contributed by atoms with Crippen molar-refractivity contribution in [2.24, 2.45) is 0 Å². The van der Waals surface area contributed by atoms with Crippen LogP contribution >= 0.6 is 0 Å². The SMILES string of the molecule is CCN1CC(C)(C)Oc2nc(N3CC4CCC(C3)O4)nc(-c3ccc(NC(=O)Nc4ccc(N5CCN(C)CC5)cc4)c(C)c3)c2C1=O. The molecule has 4 aliphatic rings. The van der Waals surface area contributed by atoms with Crippen LogP contribution in [0.3, 0.4) is 0 Å². The second kappa shape index (κ2) is 12.9. The van der Waals surface area contributed by atoms with E-state index >= 15 is 0 Å². The highest BCUT2D eigenvalue weighted by atomic mass is 16.5. The van der Waals surface area contributed by atoms with Crippen LogP contribution in [0.2, 0.25) is 0 Å². The normalized spacial score (nSPS) is 22.2. The highest BCUT2D eigenvalue weighted by molar-refractivity contribution is 6.03. The van der Waals surface area contributed by atoms with Crippen molar-refractivity contribution in [3.63, 3.8) is 0 Å². The first-order valence-electron chi connectivity index (χ1n) is 17.1. The Labute approximate surface area is 282 Å². The maximum atomic E-state index is 14.0. The highest BCUT2D eigenvalue weighted by Crippen LogP contribution is 2.38. The Morgan fingerprint density at radius 1 is 0.958 bits per heavy atom. The molecule has 2 bridgehead atoms. The molecule has 5 heterocycles. The van der Waals surface area contributed by atoms with Gasteiger partial charge in [-0.05, 0) is 89.5 Å². The third-order valence-electron chi connectivity index (χ3n) is 9.76. The molecule has 2 aromatic carbocycles. The van der Waals surface area contributed by atoms with E-state index in [0.29, 0.717) is 60.6 Å². The average molecular weight is 655 g/mol. The summed E-state index contributed by atoms with van der Waals surface area (Å²) in [7, 11) is 2.14. The van der Waals surface area contributed by atoms with E-state index in [0.717, 1.165) is 55.8 Å². The molecule has 48 heavy (non-hydrogen) atoms. The molecule has 1 aromatic heterocycles. The first-order valence-corrected chi connectivity index (χ1v) is 17.1. The number of nitrogens with zero attached hydrogens (tertiary/aromatic N) is 6. The number of amides is 3. The van der Waals surface area contributed by atoms with Gasteiger partial charge in [-0.15, -0.1) is 0 Å². The van der Waals surface area contributed by atoms with E-state index in [1.54, 1.807) is 4.90 Å². The Hall–Kier alpha value is -4.42. The second-order valence-electron chi connectivity index (χ2n) is 14.0. The van der Waals surface area contributed by atoms with Crippen LogP contribution in [-0.4, -0.2) is 109 Å². The molecule has 0 saturated carbocycles. The predicted octanol–water partition coefficient (Wildman–Crippen LogP) is 4.85. The van der Waals surface area contributed by atoms with Gasteiger partial charge in [-0.3, -0.25) is 4.79 Å².